The summed E-state index contributed by atoms with van der Waals surface area (Å²) >= 11 is 0. The van der Waals surface area contributed by atoms with Crippen molar-refractivity contribution in [2.75, 3.05) is 0 Å². The van der Waals surface area contributed by atoms with Gasteiger partial charge in [0.05, 0.1) is 0 Å². The topological polar surface area (TPSA) is 0 Å². The van der Waals surface area contributed by atoms with E-state index in [4.69, 9.17) is 0 Å². The summed E-state index contributed by atoms with van der Waals surface area (Å²) in [6.45, 7) is 42.6. The molecule has 0 saturated heterocycles. The van der Waals surface area contributed by atoms with Crippen LogP contribution in [0.4, 0.5) is 0 Å². The van der Waals surface area contributed by atoms with Crippen molar-refractivity contribution in [1.82, 2.24) is 0 Å². The summed E-state index contributed by atoms with van der Waals surface area (Å²) in [6.07, 6.45) is 0. The van der Waals surface area contributed by atoms with E-state index in [1.54, 1.807) is 0 Å². The Labute approximate surface area is 260 Å². The fourth-order valence-corrected chi connectivity index (χ4v) is 6.02. The standard InChI is InChI=1S/C42H62/c1-37(2,3)27-23-31(39(7,8)9)35(32(24-27)40(10,11)12)29-21-19-20-22-30(29)36-33(41(13,14)15)25-28(38(4,5)6)26-34(36)42(16,17)18/h19-26H,1-18H3. The summed E-state index contributed by atoms with van der Waals surface area (Å²) in [6, 6.07) is 19.3. The summed E-state index contributed by atoms with van der Waals surface area (Å²) in [5.41, 5.74) is 14.2. The lowest BCUT2D eigenvalue weighted by Crippen LogP contribution is -2.24. The Balaban J connectivity index is 2.68. The predicted molar refractivity (Wildman–Crippen MR) is 190 cm³/mol. The molecule has 0 aromatic heterocycles. The van der Waals surface area contributed by atoms with Crippen LogP contribution in [0, 0.1) is 0 Å². The molecular weight excluding hydrogens is 504 g/mol. The zero-order chi connectivity index (χ0) is 32.4. The monoisotopic (exact) mass is 566 g/mol. The second-order valence-corrected chi connectivity index (χ2v) is 18.9. The van der Waals surface area contributed by atoms with Crippen molar-refractivity contribution < 1.29 is 0 Å². The Morgan fingerprint density at radius 1 is 0.310 bits per heavy atom. The molecule has 0 saturated carbocycles. The molecule has 3 aromatic rings. The Bertz CT molecular complexity index is 1250. The van der Waals surface area contributed by atoms with Crippen molar-refractivity contribution in [3.8, 4) is 22.3 Å². The van der Waals surface area contributed by atoms with Crippen LogP contribution >= 0.6 is 0 Å². The van der Waals surface area contributed by atoms with Crippen LogP contribution in [0.3, 0.4) is 0 Å². The molecule has 0 atom stereocenters. The molecule has 0 heteroatoms. The van der Waals surface area contributed by atoms with Crippen LogP contribution in [0.5, 0.6) is 0 Å². The van der Waals surface area contributed by atoms with Crippen LogP contribution in [0.1, 0.15) is 158 Å². The van der Waals surface area contributed by atoms with Gasteiger partial charge < -0.3 is 0 Å². The Morgan fingerprint density at radius 3 is 0.690 bits per heavy atom. The molecule has 0 aliphatic heterocycles. The Kier molecular flexibility index (Phi) is 8.68. The summed E-state index contributed by atoms with van der Waals surface area (Å²) in [5, 5.41) is 0. The van der Waals surface area contributed by atoms with Crippen molar-refractivity contribution in [2.24, 2.45) is 0 Å². The maximum atomic E-state index is 2.51. The molecule has 3 aromatic carbocycles. The minimum atomic E-state index is -0.0144. The summed E-state index contributed by atoms with van der Waals surface area (Å²) < 4.78 is 0. The van der Waals surface area contributed by atoms with E-state index in [1.165, 1.54) is 55.6 Å². The second-order valence-electron chi connectivity index (χ2n) is 18.9. The van der Waals surface area contributed by atoms with Gasteiger partial charge in [-0.05, 0) is 88.1 Å². The van der Waals surface area contributed by atoms with E-state index in [2.05, 4.69) is 173 Å². The van der Waals surface area contributed by atoms with Crippen molar-refractivity contribution in [3.63, 3.8) is 0 Å². The highest BCUT2D eigenvalue weighted by atomic mass is 14.4. The molecule has 0 fully saturated rings. The van der Waals surface area contributed by atoms with Crippen molar-refractivity contribution in [3.05, 3.63) is 81.9 Å². The smallest absolute Gasteiger partial charge is 0.00992 e. The van der Waals surface area contributed by atoms with Gasteiger partial charge in [-0.25, -0.2) is 0 Å². The largest absolute Gasteiger partial charge is 0.0616 e. The first-order valence-corrected chi connectivity index (χ1v) is 16.1. The summed E-state index contributed by atoms with van der Waals surface area (Å²) in [5.74, 6) is 0. The molecule has 0 N–H and O–H groups in total. The first-order valence-electron chi connectivity index (χ1n) is 16.1. The Morgan fingerprint density at radius 2 is 0.524 bits per heavy atom. The average Bonchev–Trinajstić information content (AvgIpc) is 2.79. The zero-order valence-corrected chi connectivity index (χ0v) is 30.6. The molecule has 3 rings (SSSR count). The fraction of sp³-hybridized carbons (Fsp3) is 0.571. The quantitative estimate of drug-likeness (QED) is 0.289. The Hall–Kier alpha value is -2.34. The van der Waals surface area contributed by atoms with Gasteiger partial charge in [0.2, 0.25) is 0 Å². The van der Waals surface area contributed by atoms with Crippen LogP contribution in [0.15, 0.2) is 48.5 Å². The maximum absolute atomic E-state index is 2.51. The lowest BCUT2D eigenvalue weighted by molar-refractivity contribution is 0.549. The van der Waals surface area contributed by atoms with Gasteiger partial charge in [-0.2, -0.15) is 0 Å². The third-order valence-electron chi connectivity index (χ3n) is 8.71. The minimum absolute atomic E-state index is 0.0144. The highest BCUT2D eigenvalue weighted by molar-refractivity contribution is 5.91. The van der Waals surface area contributed by atoms with Gasteiger partial charge >= 0.3 is 0 Å². The van der Waals surface area contributed by atoms with Crippen molar-refractivity contribution >= 4 is 0 Å². The van der Waals surface area contributed by atoms with E-state index in [0.717, 1.165) is 0 Å². The van der Waals surface area contributed by atoms with E-state index in [0.29, 0.717) is 0 Å². The van der Waals surface area contributed by atoms with Crippen LogP contribution in [-0.4, -0.2) is 0 Å². The lowest BCUT2D eigenvalue weighted by Gasteiger charge is -2.36. The molecule has 42 heavy (non-hydrogen) atoms. The van der Waals surface area contributed by atoms with Gasteiger partial charge in [0.15, 0.2) is 0 Å². The average molecular weight is 567 g/mol. The second kappa shape index (κ2) is 10.7. The van der Waals surface area contributed by atoms with E-state index in [-0.39, 0.29) is 32.5 Å². The van der Waals surface area contributed by atoms with Gasteiger partial charge in [-0.15, -0.1) is 0 Å². The van der Waals surface area contributed by atoms with E-state index >= 15 is 0 Å². The molecule has 0 bridgehead atoms. The fourth-order valence-electron chi connectivity index (χ4n) is 6.02. The molecule has 0 heterocycles. The predicted octanol–water partition coefficient (Wildman–Crippen LogP) is 12.8. The zero-order valence-electron chi connectivity index (χ0n) is 30.6. The number of hydrogen-bond donors (Lipinski definition) is 0. The molecule has 0 radical (unpaired) electrons. The summed E-state index contributed by atoms with van der Waals surface area (Å²) in [4.78, 5) is 0. The molecule has 0 aliphatic rings. The number of rotatable bonds is 2. The molecule has 0 aliphatic carbocycles. The van der Waals surface area contributed by atoms with Crippen LogP contribution in [0.25, 0.3) is 22.3 Å². The first-order chi connectivity index (χ1) is 18.6. The molecule has 0 amide bonds. The van der Waals surface area contributed by atoms with Crippen molar-refractivity contribution in [1.29, 1.82) is 0 Å². The third kappa shape index (κ3) is 7.06. The SMILES string of the molecule is CC(C)(C)c1cc(C(C)(C)C)c(-c2ccccc2-c2c(C(C)(C)C)cc(C(C)(C)C)cc2C(C)(C)C)c(C(C)(C)C)c1. The van der Waals surface area contributed by atoms with Gasteiger partial charge in [-0.3, -0.25) is 0 Å². The molecule has 230 valence electrons. The minimum Gasteiger partial charge on any atom is -0.0616 e. The van der Waals surface area contributed by atoms with Crippen molar-refractivity contribution in [2.45, 2.75) is 157 Å². The lowest BCUT2D eigenvalue weighted by atomic mass is 9.68. The first kappa shape index (κ1) is 34.2. The molecule has 0 unspecified atom stereocenters. The van der Waals surface area contributed by atoms with Gasteiger partial charge in [-0.1, -0.05) is 173 Å². The van der Waals surface area contributed by atoms with Crippen LogP contribution in [-0.2, 0) is 32.5 Å². The highest BCUT2D eigenvalue weighted by Crippen LogP contribution is 2.50. The number of benzene rings is 3. The third-order valence-corrected chi connectivity index (χ3v) is 8.71. The van der Waals surface area contributed by atoms with Gasteiger partial charge in [0.25, 0.3) is 0 Å². The number of hydrogen-bond acceptors (Lipinski definition) is 0. The van der Waals surface area contributed by atoms with Gasteiger partial charge in [0.1, 0.15) is 0 Å². The molecular formula is C42H62. The van der Waals surface area contributed by atoms with Gasteiger partial charge in [0, 0.05) is 0 Å². The molecule has 0 nitrogen and oxygen atoms in total. The summed E-state index contributed by atoms with van der Waals surface area (Å²) in [7, 11) is 0. The maximum Gasteiger partial charge on any atom is -0.00992 e. The van der Waals surface area contributed by atoms with E-state index in [1.807, 2.05) is 0 Å². The normalized spacial score (nSPS) is 14.0. The van der Waals surface area contributed by atoms with Crippen LogP contribution < -0.4 is 0 Å². The van der Waals surface area contributed by atoms with E-state index < -0.39 is 0 Å². The van der Waals surface area contributed by atoms with E-state index in [9.17, 15) is 0 Å². The highest BCUT2D eigenvalue weighted by Gasteiger charge is 2.34. The van der Waals surface area contributed by atoms with Crippen LogP contribution in [0.2, 0.25) is 0 Å². The molecule has 0 spiro atoms.